The number of morpholine rings is 1. The van der Waals surface area contributed by atoms with Crippen molar-refractivity contribution in [1.29, 1.82) is 0 Å². The molecule has 0 N–H and O–H groups in total. The van der Waals surface area contributed by atoms with Crippen LogP contribution in [0.1, 0.15) is 36.0 Å². The third-order valence-corrected chi connectivity index (χ3v) is 5.70. The highest BCUT2D eigenvalue weighted by Crippen LogP contribution is 2.18. The maximum absolute atomic E-state index is 13.0. The van der Waals surface area contributed by atoms with E-state index in [1.165, 1.54) is 0 Å². The number of hydrogen-bond acceptors (Lipinski definition) is 5. The van der Waals surface area contributed by atoms with Gasteiger partial charge in [-0.1, -0.05) is 11.6 Å². The van der Waals surface area contributed by atoms with Crippen LogP contribution in [0.5, 0.6) is 0 Å². The number of ether oxygens (including phenoxy) is 2. The highest BCUT2D eigenvalue weighted by atomic mass is 35.5. The molecule has 0 unspecified atom stereocenters. The normalized spacial score (nSPS) is 18.8. The largest absolute Gasteiger partial charge is 0.381 e. The van der Waals surface area contributed by atoms with Crippen LogP contribution in [0.4, 0.5) is 0 Å². The summed E-state index contributed by atoms with van der Waals surface area (Å²) in [6.45, 7) is 6.24. The van der Waals surface area contributed by atoms with Crippen molar-refractivity contribution in [2.75, 3.05) is 52.6 Å². The van der Waals surface area contributed by atoms with Gasteiger partial charge in [-0.05, 0) is 37.1 Å². The molecule has 0 atom stereocenters. The molecule has 0 aliphatic carbocycles. The highest BCUT2D eigenvalue weighted by Gasteiger charge is 2.26. The number of amides is 1. The second-order valence-electron chi connectivity index (χ2n) is 7.31. The van der Waals surface area contributed by atoms with E-state index in [2.05, 4.69) is 4.90 Å². The van der Waals surface area contributed by atoms with Crippen LogP contribution in [0.25, 0.3) is 0 Å². The Hall–Kier alpha value is -1.47. The van der Waals surface area contributed by atoms with E-state index in [9.17, 15) is 9.59 Å². The molecule has 6 nitrogen and oxygen atoms in total. The second-order valence-corrected chi connectivity index (χ2v) is 7.75. The lowest BCUT2D eigenvalue weighted by atomic mass is 10.0. The van der Waals surface area contributed by atoms with Crippen LogP contribution in [-0.2, 0) is 14.3 Å². The molecule has 3 rings (SSSR count). The molecular formula is C21H29ClN2O4. The van der Waals surface area contributed by atoms with E-state index in [4.69, 9.17) is 21.1 Å². The Morgan fingerprint density at radius 3 is 2.32 bits per heavy atom. The topological polar surface area (TPSA) is 59.1 Å². The molecular weight excluding hydrogens is 380 g/mol. The third kappa shape index (κ3) is 6.27. The van der Waals surface area contributed by atoms with Crippen molar-refractivity contribution in [3.8, 4) is 0 Å². The number of benzene rings is 1. The molecule has 7 heteroatoms. The average Bonchev–Trinajstić information content (AvgIpc) is 2.74. The third-order valence-electron chi connectivity index (χ3n) is 5.44. The molecule has 0 radical (unpaired) electrons. The van der Waals surface area contributed by atoms with Crippen LogP contribution >= 0.6 is 11.6 Å². The number of ketones is 1. The predicted octanol–water partition coefficient (Wildman–Crippen LogP) is 2.64. The van der Waals surface area contributed by atoms with Crippen LogP contribution in [0.2, 0.25) is 5.02 Å². The molecule has 0 spiro atoms. The minimum absolute atomic E-state index is 0.0230. The number of nitrogens with zero attached hydrogens (tertiary/aromatic N) is 2. The molecule has 2 saturated heterocycles. The van der Waals surface area contributed by atoms with Crippen LogP contribution in [-0.4, -0.2) is 80.1 Å². The van der Waals surface area contributed by atoms with E-state index >= 15 is 0 Å². The maximum atomic E-state index is 13.0. The fraction of sp³-hybridized carbons (Fsp3) is 0.619. The molecule has 2 aliphatic heterocycles. The predicted molar refractivity (Wildman–Crippen MR) is 108 cm³/mol. The van der Waals surface area contributed by atoms with Gasteiger partial charge in [0.05, 0.1) is 13.2 Å². The van der Waals surface area contributed by atoms with Gasteiger partial charge in [-0.3, -0.25) is 14.5 Å². The molecule has 2 heterocycles. The summed E-state index contributed by atoms with van der Waals surface area (Å²) in [6.07, 6.45) is 2.18. The highest BCUT2D eigenvalue weighted by molar-refractivity contribution is 6.30. The second kappa shape index (κ2) is 10.9. The smallest absolute Gasteiger partial charge is 0.223 e. The monoisotopic (exact) mass is 408 g/mol. The lowest BCUT2D eigenvalue weighted by Crippen LogP contribution is -2.48. The van der Waals surface area contributed by atoms with Gasteiger partial charge in [-0.25, -0.2) is 0 Å². The first-order valence-corrected chi connectivity index (χ1v) is 10.5. The standard InChI is InChI=1S/C21H29ClN2O4/c22-18-3-1-17(2-4-18)20(25)5-6-21(26)24(19-7-13-27-14-8-19)10-9-23-11-15-28-16-12-23/h1-4,19H,5-16H2. The maximum Gasteiger partial charge on any atom is 0.223 e. The fourth-order valence-corrected chi connectivity index (χ4v) is 3.85. The Morgan fingerprint density at radius 1 is 1.00 bits per heavy atom. The summed E-state index contributed by atoms with van der Waals surface area (Å²) >= 11 is 5.88. The number of halogens is 1. The summed E-state index contributed by atoms with van der Waals surface area (Å²) in [5.41, 5.74) is 0.600. The number of rotatable bonds is 8. The van der Waals surface area contributed by atoms with E-state index in [0.717, 1.165) is 45.7 Å². The molecule has 1 aromatic carbocycles. The zero-order chi connectivity index (χ0) is 19.8. The van der Waals surface area contributed by atoms with E-state index < -0.39 is 0 Å². The van der Waals surface area contributed by atoms with Gasteiger partial charge in [0.2, 0.25) is 5.91 Å². The summed E-state index contributed by atoms with van der Waals surface area (Å²) < 4.78 is 10.9. The summed E-state index contributed by atoms with van der Waals surface area (Å²) in [4.78, 5) is 29.7. The number of Topliss-reactive ketones (excluding diaryl/α,β-unsaturated/α-hetero) is 1. The number of hydrogen-bond donors (Lipinski definition) is 0. The van der Waals surface area contributed by atoms with Crippen LogP contribution in [0.3, 0.4) is 0 Å². The van der Waals surface area contributed by atoms with Crippen LogP contribution in [0.15, 0.2) is 24.3 Å². The molecule has 0 bridgehead atoms. The Kier molecular flexibility index (Phi) is 8.27. The minimum atomic E-state index is -0.0230. The van der Waals surface area contributed by atoms with Crippen molar-refractivity contribution in [3.63, 3.8) is 0 Å². The van der Waals surface area contributed by atoms with Crippen molar-refractivity contribution in [1.82, 2.24) is 9.80 Å². The molecule has 0 aromatic heterocycles. The van der Waals surface area contributed by atoms with Gasteiger partial charge in [0.15, 0.2) is 5.78 Å². The van der Waals surface area contributed by atoms with E-state index in [0.29, 0.717) is 30.3 Å². The Bertz CT molecular complexity index is 640. The molecule has 0 saturated carbocycles. The van der Waals surface area contributed by atoms with Gasteiger partial charge in [-0.2, -0.15) is 0 Å². The molecule has 28 heavy (non-hydrogen) atoms. The molecule has 1 amide bonds. The van der Waals surface area contributed by atoms with Crippen molar-refractivity contribution in [2.45, 2.75) is 31.7 Å². The lowest BCUT2D eigenvalue weighted by molar-refractivity contribution is -0.135. The Morgan fingerprint density at radius 2 is 1.64 bits per heavy atom. The molecule has 154 valence electrons. The molecule has 2 aliphatic rings. The van der Waals surface area contributed by atoms with Crippen molar-refractivity contribution >= 4 is 23.3 Å². The van der Waals surface area contributed by atoms with Gasteiger partial charge in [-0.15, -0.1) is 0 Å². The van der Waals surface area contributed by atoms with Crippen molar-refractivity contribution < 1.29 is 19.1 Å². The van der Waals surface area contributed by atoms with Gasteiger partial charge >= 0.3 is 0 Å². The summed E-state index contributed by atoms with van der Waals surface area (Å²) in [5, 5.41) is 0.599. The summed E-state index contributed by atoms with van der Waals surface area (Å²) in [7, 11) is 0. The van der Waals surface area contributed by atoms with Crippen molar-refractivity contribution in [3.05, 3.63) is 34.9 Å². The minimum Gasteiger partial charge on any atom is -0.381 e. The first-order valence-electron chi connectivity index (χ1n) is 10.1. The van der Waals surface area contributed by atoms with Gasteiger partial charge in [0, 0.05) is 68.9 Å². The number of carbonyl (C=O) groups is 2. The summed E-state index contributed by atoms with van der Waals surface area (Å²) in [5.74, 6) is 0.0348. The zero-order valence-electron chi connectivity index (χ0n) is 16.3. The average molecular weight is 409 g/mol. The van der Waals surface area contributed by atoms with Crippen molar-refractivity contribution in [2.24, 2.45) is 0 Å². The van der Waals surface area contributed by atoms with Gasteiger partial charge in [0.1, 0.15) is 0 Å². The Labute approximate surface area is 171 Å². The van der Waals surface area contributed by atoms with Crippen LogP contribution in [0, 0.1) is 0 Å². The summed E-state index contributed by atoms with van der Waals surface area (Å²) in [6, 6.07) is 7.03. The first kappa shape index (κ1) is 21.2. The Balaban J connectivity index is 1.55. The van der Waals surface area contributed by atoms with Gasteiger partial charge < -0.3 is 14.4 Å². The SMILES string of the molecule is O=C(CCC(=O)N(CCN1CCOCC1)C1CCOCC1)c1ccc(Cl)cc1. The first-order chi connectivity index (χ1) is 13.6. The quantitative estimate of drug-likeness (QED) is 0.619. The molecule has 2 fully saturated rings. The van der Waals surface area contributed by atoms with E-state index in [1.54, 1.807) is 24.3 Å². The lowest BCUT2D eigenvalue weighted by Gasteiger charge is -2.36. The van der Waals surface area contributed by atoms with Gasteiger partial charge in [0.25, 0.3) is 0 Å². The number of carbonyl (C=O) groups excluding carboxylic acids is 2. The van der Waals surface area contributed by atoms with Crippen LogP contribution < -0.4 is 0 Å². The van der Waals surface area contributed by atoms with E-state index in [-0.39, 0.29) is 30.6 Å². The molecule has 1 aromatic rings. The van der Waals surface area contributed by atoms with E-state index in [1.807, 2.05) is 4.90 Å². The zero-order valence-corrected chi connectivity index (χ0v) is 17.0. The fourth-order valence-electron chi connectivity index (χ4n) is 3.73.